The molecule has 3 aromatic rings. The number of nitrogens with zero attached hydrogens (tertiary/aromatic N) is 5. The summed E-state index contributed by atoms with van der Waals surface area (Å²) in [6.07, 6.45) is 4.73. The number of amides is 1. The van der Waals surface area contributed by atoms with Gasteiger partial charge in [-0.05, 0) is 12.5 Å². The van der Waals surface area contributed by atoms with Crippen molar-refractivity contribution in [2.75, 3.05) is 26.2 Å². The predicted molar refractivity (Wildman–Crippen MR) is 110 cm³/mol. The van der Waals surface area contributed by atoms with E-state index in [1.165, 1.54) is 12.5 Å². The highest BCUT2D eigenvalue weighted by Gasteiger charge is 2.24. The number of hydrogen-bond acceptors (Lipinski definition) is 6. The second-order valence-electron chi connectivity index (χ2n) is 7.60. The van der Waals surface area contributed by atoms with E-state index in [0.717, 1.165) is 18.7 Å². The van der Waals surface area contributed by atoms with Gasteiger partial charge in [0.2, 0.25) is 0 Å². The number of H-pyrrole nitrogens is 1. The average Bonchev–Trinajstić information content (AvgIpc) is 3.37. The Labute approximate surface area is 172 Å². The molecule has 1 N–H and O–H groups in total. The molecule has 0 unspecified atom stereocenters. The molecule has 3 aromatic heterocycles. The first-order chi connectivity index (χ1) is 14.5. The van der Waals surface area contributed by atoms with E-state index >= 15 is 0 Å². The molecule has 0 atom stereocenters. The summed E-state index contributed by atoms with van der Waals surface area (Å²) < 4.78 is 8.31. The summed E-state index contributed by atoms with van der Waals surface area (Å²) in [5, 5.41) is 0. The summed E-state index contributed by atoms with van der Waals surface area (Å²) in [4.78, 5) is 48.2. The molecule has 1 fully saturated rings. The molecule has 4 rings (SSSR count). The molecule has 0 saturated carbocycles. The van der Waals surface area contributed by atoms with Crippen molar-refractivity contribution in [3.8, 4) is 0 Å². The van der Waals surface area contributed by atoms with Crippen LogP contribution in [0.4, 0.5) is 0 Å². The minimum Gasteiger partial charge on any atom is -0.472 e. The largest absolute Gasteiger partial charge is 0.472 e. The maximum atomic E-state index is 12.5. The van der Waals surface area contributed by atoms with Crippen LogP contribution < -0.4 is 11.2 Å². The van der Waals surface area contributed by atoms with Gasteiger partial charge in [-0.2, -0.15) is 0 Å². The lowest BCUT2D eigenvalue weighted by Crippen LogP contribution is -2.48. The molecule has 1 aliphatic rings. The number of hydrogen-bond donors (Lipinski definition) is 1. The molecule has 0 bridgehead atoms. The van der Waals surface area contributed by atoms with Crippen LogP contribution in [0.3, 0.4) is 0 Å². The zero-order valence-electron chi connectivity index (χ0n) is 17.3. The van der Waals surface area contributed by atoms with Gasteiger partial charge in [-0.3, -0.25) is 24.0 Å². The van der Waals surface area contributed by atoms with Gasteiger partial charge in [0.1, 0.15) is 12.1 Å². The molecule has 0 aliphatic carbocycles. The summed E-state index contributed by atoms with van der Waals surface area (Å²) in [6.45, 7) is 5.73. The third kappa shape index (κ3) is 3.70. The maximum Gasteiger partial charge on any atom is 0.330 e. The first-order valence-electron chi connectivity index (χ1n) is 10.2. The summed E-state index contributed by atoms with van der Waals surface area (Å²) in [5.41, 5.74) is 0.567. The van der Waals surface area contributed by atoms with Gasteiger partial charge in [0.05, 0.1) is 18.4 Å². The number of aromatic nitrogens is 4. The van der Waals surface area contributed by atoms with Crippen molar-refractivity contribution in [1.82, 2.24) is 28.9 Å². The molecule has 10 nitrogen and oxygen atoms in total. The molecular formula is C20H26N6O4. The Kier molecular flexibility index (Phi) is 5.58. The number of aromatic amines is 1. The molecule has 4 heterocycles. The summed E-state index contributed by atoms with van der Waals surface area (Å²) in [7, 11) is 1.80. The highest BCUT2D eigenvalue weighted by molar-refractivity contribution is 5.93. The molecule has 0 aromatic carbocycles. The zero-order chi connectivity index (χ0) is 21.3. The molecular weight excluding hydrogens is 388 g/mol. The Morgan fingerprint density at radius 2 is 2.00 bits per heavy atom. The number of furan rings is 1. The quantitative estimate of drug-likeness (QED) is 0.638. The standard InChI is InChI=1S/C20H26N6O4/c1-3-4-6-26-17-16(18(27)22-20(26)29)23(2)15(21-17)12-24-7-9-25(10-8-24)19(28)14-5-11-30-13-14/h5,11,13H,3-4,6-10,12H2,1-2H3,(H,22,27,29). The second-order valence-corrected chi connectivity index (χ2v) is 7.60. The first-order valence-corrected chi connectivity index (χ1v) is 10.2. The van der Waals surface area contributed by atoms with E-state index in [2.05, 4.69) is 21.8 Å². The molecule has 0 spiro atoms. The highest BCUT2D eigenvalue weighted by atomic mass is 16.3. The fourth-order valence-electron chi connectivity index (χ4n) is 3.83. The molecule has 1 aliphatic heterocycles. The Morgan fingerprint density at radius 3 is 2.67 bits per heavy atom. The summed E-state index contributed by atoms with van der Waals surface area (Å²) in [6, 6.07) is 1.67. The minimum absolute atomic E-state index is 0.0300. The smallest absolute Gasteiger partial charge is 0.330 e. The van der Waals surface area contributed by atoms with Crippen LogP contribution in [0.15, 0.2) is 32.6 Å². The van der Waals surface area contributed by atoms with E-state index in [-0.39, 0.29) is 5.91 Å². The molecule has 1 saturated heterocycles. The van der Waals surface area contributed by atoms with Crippen LogP contribution in [-0.4, -0.2) is 61.0 Å². The van der Waals surface area contributed by atoms with Crippen molar-refractivity contribution >= 4 is 17.1 Å². The van der Waals surface area contributed by atoms with Crippen molar-refractivity contribution in [1.29, 1.82) is 0 Å². The van der Waals surface area contributed by atoms with Gasteiger partial charge in [0, 0.05) is 39.8 Å². The van der Waals surface area contributed by atoms with Gasteiger partial charge >= 0.3 is 5.69 Å². The third-order valence-electron chi connectivity index (χ3n) is 5.63. The number of carbonyl (C=O) groups is 1. The van der Waals surface area contributed by atoms with Gasteiger partial charge in [-0.1, -0.05) is 13.3 Å². The van der Waals surface area contributed by atoms with E-state index in [1.807, 2.05) is 4.90 Å². The number of rotatable bonds is 6. The Balaban J connectivity index is 1.51. The van der Waals surface area contributed by atoms with Gasteiger partial charge in [0.25, 0.3) is 11.5 Å². The highest BCUT2D eigenvalue weighted by Crippen LogP contribution is 2.15. The van der Waals surface area contributed by atoms with Crippen LogP contribution in [0.25, 0.3) is 11.2 Å². The fourth-order valence-corrected chi connectivity index (χ4v) is 3.83. The zero-order valence-corrected chi connectivity index (χ0v) is 17.3. The molecule has 1 amide bonds. The lowest BCUT2D eigenvalue weighted by molar-refractivity contribution is 0.0624. The SMILES string of the molecule is CCCCn1c(=O)[nH]c(=O)c2c1nc(CN1CCN(C(=O)c3ccoc3)CC1)n2C. The molecule has 0 radical (unpaired) electrons. The third-order valence-corrected chi connectivity index (χ3v) is 5.63. The van der Waals surface area contributed by atoms with E-state index in [1.54, 1.807) is 22.2 Å². The number of piperazine rings is 1. The van der Waals surface area contributed by atoms with Crippen LogP contribution in [0.5, 0.6) is 0 Å². The normalized spacial score (nSPS) is 15.2. The number of unbranched alkanes of at least 4 members (excludes halogenated alkanes) is 1. The predicted octanol–water partition coefficient (Wildman–Crippen LogP) is 0.774. The lowest BCUT2D eigenvalue weighted by Gasteiger charge is -2.34. The maximum absolute atomic E-state index is 12.5. The minimum atomic E-state index is -0.419. The van der Waals surface area contributed by atoms with Gasteiger partial charge < -0.3 is 13.9 Å². The molecule has 160 valence electrons. The van der Waals surface area contributed by atoms with Crippen molar-refractivity contribution in [3.63, 3.8) is 0 Å². The summed E-state index contributed by atoms with van der Waals surface area (Å²) >= 11 is 0. The Morgan fingerprint density at radius 1 is 1.23 bits per heavy atom. The molecule has 10 heteroatoms. The topological polar surface area (TPSA) is 109 Å². The number of imidazole rings is 1. The van der Waals surface area contributed by atoms with Gasteiger partial charge in [0.15, 0.2) is 11.2 Å². The monoisotopic (exact) mass is 414 g/mol. The first kappa shape index (κ1) is 20.1. The van der Waals surface area contributed by atoms with Crippen LogP contribution in [0, 0.1) is 0 Å². The van der Waals surface area contributed by atoms with Crippen LogP contribution >= 0.6 is 0 Å². The van der Waals surface area contributed by atoms with E-state index in [9.17, 15) is 14.4 Å². The van der Waals surface area contributed by atoms with E-state index in [0.29, 0.717) is 56.0 Å². The van der Waals surface area contributed by atoms with Crippen molar-refractivity contribution in [2.24, 2.45) is 7.05 Å². The van der Waals surface area contributed by atoms with Crippen molar-refractivity contribution in [3.05, 3.63) is 50.8 Å². The number of aryl methyl sites for hydroxylation is 2. The number of nitrogens with one attached hydrogen (secondary N) is 1. The summed E-state index contributed by atoms with van der Waals surface area (Å²) in [5.74, 6) is 0.693. The van der Waals surface area contributed by atoms with Gasteiger partial charge in [-0.25, -0.2) is 9.78 Å². The number of carbonyl (C=O) groups excluding carboxylic acids is 1. The van der Waals surface area contributed by atoms with Crippen LogP contribution in [0.1, 0.15) is 35.9 Å². The van der Waals surface area contributed by atoms with E-state index in [4.69, 9.17) is 4.42 Å². The van der Waals surface area contributed by atoms with Gasteiger partial charge in [-0.15, -0.1) is 0 Å². The molecule has 30 heavy (non-hydrogen) atoms. The Hall–Kier alpha value is -3.14. The van der Waals surface area contributed by atoms with Crippen molar-refractivity contribution < 1.29 is 9.21 Å². The second kappa shape index (κ2) is 8.31. The fraction of sp³-hybridized carbons (Fsp3) is 0.500. The van der Waals surface area contributed by atoms with Crippen molar-refractivity contribution in [2.45, 2.75) is 32.9 Å². The van der Waals surface area contributed by atoms with E-state index < -0.39 is 11.2 Å². The number of fused-ring (bicyclic) bond motifs is 1. The average molecular weight is 414 g/mol. The van der Waals surface area contributed by atoms with Crippen LogP contribution in [-0.2, 0) is 20.1 Å². The van der Waals surface area contributed by atoms with Crippen LogP contribution in [0.2, 0.25) is 0 Å². The lowest BCUT2D eigenvalue weighted by atomic mass is 10.2. The Bertz CT molecular complexity index is 1150.